The second-order valence-electron chi connectivity index (χ2n) is 2.46. The first-order valence-corrected chi connectivity index (χ1v) is 3.43. The maximum absolute atomic E-state index is 10.7. The molecule has 1 fully saturated rings. The topological polar surface area (TPSA) is 54.3 Å². The molecular weight excluding hydrogens is 144 g/mol. The molecule has 0 unspecified atom stereocenters. The minimum absolute atomic E-state index is 0.0706. The lowest BCUT2D eigenvalue weighted by molar-refractivity contribution is 0.247. The molecule has 1 atom stereocenters. The van der Waals surface area contributed by atoms with E-state index >= 15 is 0 Å². The van der Waals surface area contributed by atoms with Crippen LogP contribution in [0.3, 0.4) is 0 Å². The van der Waals surface area contributed by atoms with Crippen molar-refractivity contribution in [2.75, 3.05) is 6.54 Å². The van der Waals surface area contributed by atoms with Crippen LogP contribution in [0.1, 0.15) is 11.6 Å². The summed E-state index contributed by atoms with van der Waals surface area (Å²) >= 11 is 0. The van der Waals surface area contributed by atoms with Gasteiger partial charge >= 0.3 is 6.03 Å². The number of amides is 2. The molecule has 1 aliphatic rings. The van der Waals surface area contributed by atoms with Crippen molar-refractivity contribution < 1.29 is 9.21 Å². The first kappa shape index (κ1) is 6.27. The van der Waals surface area contributed by atoms with Gasteiger partial charge in [0.1, 0.15) is 0 Å². The molecule has 2 rings (SSSR count). The largest absolute Gasteiger partial charge is 0.472 e. The standard InChI is InChI=1S/C7H8N2O2/c10-7-8-3-6(9-7)5-1-2-11-4-5/h1-2,4,6H,3H2,(H2,8,9,10)/t6-/m0/s1. The second kappa shape index (κ2) is 2.30. The van der Waals surface area contributed by atoms with Gasteiger partial charge in [-0.25, -0.2) is 4.79 Å². The third kappa shape index (κ3) is 1.07. The van der Waals surface area contributed by atoms with Crippen molar-refractivity contribution in [2.24, 2.45) is 0 Å². The minimum atomic E-state index is -0.115. The van der Waals surface area contributed by atoms with Gasteiger partial charge in [0.15, 0.2) is 0 Å². The number of furan rings is 1. The highest BCUT2D eigenvalue weighted by atomic mass is 16.3. The molecule has 0 saturated carbocycles. The third-order valence-corrected chi connectivity index (χ3v) is 1.72. The highest BCUT2D eigenvalue weighted by molar-refractivity contribution is 5.76. The molecule has 0 aromatic carbocycles. The summed E-state index contributed by atoms with van der Waals surface area (Å²) in [6, 6.07) is 1.80. The normalized spacial score (nSPS) is 22.9. The van der Waals surface area contributed by atoms with Gasteiger partial charge < -0.3 is 15.1 Å². The summed E-state index contributed by atoms with van der Waals surface area (Å²) in [6.45, 7) is 0.637. The van der Waals surface area contributed by atoms with Crippen molar-refractivity contribution in [1.82, 2.24) is 10.6 Å². The Bertz CT molecular complexity index is 255. The van der Waals surface area contributed by atoms with Crippen LogP contribution in [0.25, 0.3) is 0 Å². The summed E-state index contributed by atoms with van der Waals surface area (Å²) in [4.78, 5) is 10.7. The molecule has 4 nitrogen and oxygen atoms in total. The fourth-order valence-electron chi connectivity index (χ4n) is 1.13. The molecule has 1 aromatic heterocycles. The Kier molecular flexibility index (Phi) is 1.31. The van der Waals surface area contributed by atoms with Crippen molar-refractivity contribution in [3.63, 3.8) is 0 Å². The molecule has 2 N–H and O–H groups in total. The van der Waals surface area contributed by atoms with Crippen LogP contribution < -0.4 is 10.6 Å². The van der Waals surface area contributed by atoms with Crippen LogP contribution in [0.5, 0.6) is 0 Å². The average molecular weight is 152 g/mol. The molecule has 2 heterocycles. The first-order chi connectivity index (χ1) is 5.36. The fourth-order valence-corrected chi connectivity index (χ4v) is 1.13. The van der Waals surface area contributed by atoms with Crippen LogP contribution in [0.4, 0.5) is 4.79 Å². The zero-order chi connectivity index (χ0) is 7.68. The molecular formula is C7H8N2O2. The highest BCUT2D eigenvalue weighted by Gasteiger charge is 2.21. The number of urea groups is 1. The van der Waals surface area contributed by atoms with E-state index in [0.717, 1.165) is 5.56 Å². The highest BCUT2D eigenvalue weighted by Crippen LogP contribution is 2.14. The van der Waals surface area contributed by atoms with Crippen LogP contribution in [-0.2, 0) is 0 Å². The van der Waals surface area contributed by atoms with E-state index in [1.165, 1.54) is 0 Å². The number of carbonyl (C=O) groups excluding carboxylic acids is 1. The quantitative estimate of drug-likeness (QED) is 0.620. The Hall–Kier alpha value is -1.45. The molecule has 11 heavy (non-hydrogen) atoms. The van der Waals surface area contributed by atoms with Crippen LogP contribution in [0.15, 0.2) is 23.0 Å². The molecule has 4 heteroatoms. The van der Waals surface area contributed by atoms with Gasteiger partial charge in [0.2, 0.25) is 0 Å². The average Bonchev–Trinajstić information content (AvgIpc) is 2.55. The Morgan fingerprint density at radius 3 is 3.09 bits per heavy atom. The molecule has 0 radical (unpaired) electrons. The number of rotatable bonds is 1. The van der Waals surface area contributed by atoms with Gasteiger partial charge in [-0.2, -0.15) is 0 Å². The molecule has 0 bridgehead atoms. The number of nitrogens with one attached hydrogen (secondary N) is 2. The first-order valence-electron chi connectivity index (χ1n) is 3.43. The van der Waals surface area contributed by atoms with Crippen LogP contribution in [0, 0.1) is 0 Å². The summed E-state index contributed by atoms with van der Waals surface area (Å²) in [6.07, 6.45) is 3.23. The summed E-state index contributed by atoms with van der Waals surface area (Å²) in [5.41, 5.74) is 1.00. The summed E-state index contributed by atoms with van der Waals surface area (Å²) < 4.78 is 4.88. The zero-order valence-electron chi connectivity index (χ0n) is 5.83. The number of hydrogen-bond donors (Lipinski definition) is 2. The molecule has 1 aromatic rings. The molecule has 0 aliphatic carbocycles. The second-order valence-corrected chi connectivity index (χ2v) is 2.46. The van der Waals surface area contributed by atoms with E-state index in [1.54, 1.807) is 12.5 Å². The fraction of sp³-hybridized carbons (Fsp3) is 0.286. The van der Waals surface area contributed by atoms with Crippen LogP contribution in [0.2, 0.25) is 0 Å². The van der Waals surface area contributed by atoms with Crippen molar-refractivity contribution >= 4 is 6.03 Å². The molecule has 1 aliphatic heterocycles. The smallest absolute Gasteiger partial charge is 0.315 e. The van der Waals surface area contributed by atoms with E-state index in [9.17, 15) is 4.79 Å². The molecule has 2 amide bonds. The lowest BCUT2D eigenvalue weighted by Gasteiger charge is -2.02. The lowest BCUT2D eigenvalue weighted by atomic mass is 10.2. The van der Waals surface area contributed by atoms with E-state index < -0.39 is 0 Å². The maximum Gasteiger partial charge on any atom is 0.315 e. The van der Waals surface area contributed by atoms with E-state index in [1.807, 2.05) is 6.07 Å². The zero-order valence-corrected chi connectivity index (χ0v) is 5.83. The van der Waals surface area contributed by atoms with Crippen molar-refractivity contribution in [2.45, 2.75) is 6.04 Å². The van der Waals surface area contributed by atoms with Crippen LogP contribution >= 0.6 is 0 Å². The van der Waals surface area contributed by atoms with Crippen molar-refractivity contribution in [3.8, 4) is 0 Å². The Labute approximate surface area is 63.6 Å². The van der Waals surface area contributed by atoms with Gasteiger partial charge in [-0.05, 0) is 6.07 Å². The molecule has 58 valence electrons. The Morgan fingerprint density at radius 1 is 1.64 bits per heavy atom. The number of carbonyl (C=O) groups is 1. The minimum Gasteiger partial charge on any atom is -0.472 e. The Balaban J connectivity index is 2.13. The Morgan fingerprint density at radius 2 is 2.55 bits per heavy atom. The van der Waals surface area contributed by atoms with E-state index in [-0.39, 0.29) is 12.1 Å². The number of hydrogen-bond acceptors (Lipinski definition) is 2. The molecule has 0 spiro atoms. The monoisotopic (exact) mass is 152 g/mol. The summed E-state index contributed by atoms with van der Waals surface area (Å²) in [7, 11) is 0. The molecule has 1 saturated heterocycles. The predicted octanol–water partition coefficient (Wildman–Crippen LogP) is 0.634. The van der Waals surface area contributed by atoms with Gasteiger partial charge in [0.25, 0.3) is 0 Å². The van der Waals surface area contributed by atoms with E-state index in [2.05, 4.69) is 10.6 Å². The van der Waals surface area contributed by atoms with Crippen LogP contribution in [-0.4, -0.2) is 12.6 Å². The van der Waals surface area contributed by atoms with Crippen molar-refractivity contribution in [3.05, 3.63) is 24.2 Å². The van der Waals surface area contributed by atoms with Gasteiger partial charge in [0, 0.05) is 12.1 Å². The van der Waals surface area contributed by atoms with E-state index in [0.29, 0.717) is 6.54 Å². The van der Waals surface area contributed by atoms with Gasteiger partial charge in [-0.15, -0.1) is 0 Å². The van der Waals surface area contributed by atoms with Crippen molar-refractivity contribution in [1.29, 1.82) is 0 Å². The maximum atomic E-state index is 10.7. The SMILES string of the molecule is O=C1NC[C@@H](c2ccoc2)N1. The van der Waals surface area contributed by atoms with E-state index in [4.69, 9.17) is 4.42 Å². The summed E-state index contributed by atoms with van der Waals surface area (Å²) in [5.74, 6) is 0. The van der Waals surface area contributed by atoms with Gasteiger partial charge in [-0.1, -0.05) is 0 Å². The van der Waals surface area contributed by atoms with Gasteiger partial charge in [-0.3, -0.25) is 0 Å². The third-order valence-electron chi connectivity index (χ3n) is 1.72. The lowest BCUT2D eigenvalue weighted by Crippen LogP contribution is -2.21. The summed E-state index contributed by atoms with van der Waals surface area (Å²) in [5, 5.41) is 5.41. The van der Waals surface area contributed by atoms with Gasteiger partial charge in [0.05, 0.1) is 18.6 Å². The predicted molar refractivity (Wildman–Crippen MR) is 38.0 cm³/mol.